The molecule has 0 N–H and O–H groups in total. The Labute approximate surface area is 176 Å². The largest absolute Gasteiger partial charge is 0.424 e. The number of rotatable bonds is 4. The monoisotopic (exact) mass is 609 g/mol. The van der Waals surface area contributed by atoms with Crippen molar-refractivity contribution in [2.75, 3.05) is 0 Å². The molecule has 0 aromatic heterocycles. The van der Waals surface area contributed by atoms with Gasteiger partial charge in [0.1, 0.15) is 0 Å². The lowest BCUT2D eigenvalue weighted by Gasteiger charge is -2.34. The number of alkyl halides is 12. The molecule has 0 bridgehead atoms. The second-order valence-electron chi connectivity index (χ2n) is 4.81. The van der Waals surface area contributed by atoms with E-state index in [0.29, 0.717) is 0 Å². The number of halogens is 16. The fourth-order valence-corrected chi connectivity index (χ4v) is 15.7. The van der Waals surface area contributed by atoms with Gasteiger partial charge in [0.15, 0.2) is 0 Å². The first-order valence-corrected chi connectivity index (χ1v) is 14.7. The van der Waals surface area contributed by atoms with E-state index >= 15 is 0 Å². The number of hydrogen-bond acceptors (Lipinski definition) is 5. The second-order valence-corrected chi connectivity index (χ2v) is 16.9. The summed E-state index contributed by atoms with van der Waals surface area (Å²) >= 11 is 21.4. The Balaban J connectivity index is 3.84. The van der Waals surface area contributed by atoms with Crippen LogP contribution in [-0.2, 0) is 9.05 Å². The Morgan fingerprint density at radius 3 is 1.00 bits per heavy atom. The Kier molecular flexibility index (Phi) is 8.31. The van der Waals surface area contributed by atoms with Gasteiger partial charge in [0.05, 0.1) is 0 Å². The van der Waals surface area contributed by atoms with Crippen LogP contribution in [0.25, 0.3) is 0 Å². The van der Waals surface area contributed by atoms with Crippen LogP contribution in [0.2, 0.25) is 0 Å². The minimum Gasteiger partial charge on any atom is -0.284 e. The summed E-state index contributed by atoms with van der Waals surface area (Å²) < 4.78 is 169. The van der Waals surface area contributed by atoms with Crippen LogP contribution in [0.5, 0.6) is 0 Å². The Morgan fingerprint density at radius 1 is 0.500 bits per heavy atom. The fraction of sp³-hybridized carbons (Fsp3) is 1.00. The molecule has 1 aliphatic rings. The van der Waals surface area contributed by atoms with E-state index < -0.39 is 56.4 Å². The Morgan fingerprint density at radius 2 is 0.767 bits per heavy atom. The van der Waals surface area contributed by atoms with E-state index in [1.807, 2.05) is 0 Å². The van der Waals surface area contributed by atoms with Crippen LogP contribution in [-0.4, -0.2) is 36.9 Å². The first kappa shape index (κ1) is 29.0. The van der Waals surface area contributed by atoms with Crippen molar-refractivity contribution in [2.24, 2.45) is 13.5 Å². The van der Waals surface area contributed by atoms with Gasteiger partial charge in [-0.2, -0.15) is 66.2 Å². The van der Waals surface area contributed by atoms with Gasteiger partial charge in [-0.3, -0.25) is 9.05 Å². The summed E-state index contributed by atoms with van der Waals surface area (Å²) in [4.78, 5) is 0. The van der Waals surface area contributed by atoms with Gasteiger partial charge in [-0.25, -0.2) is 0 Å². The van der Waals surface area contributed by atoms with Gasteiger partial charge in [-0.1, -0.05) is 0 Å². The van der Waals surface area contributed by atoms with Crippen molar-refractivity contribution in [1.82, 2.24) is 0 Å². The highest BCUT2D eigenvalue weighted by Crippen LogP contribution is 2.86. The van der Waals surface area contributed by atoms with E-state index in [1.54, 1.807) is 0 Å². The average Bonchev–Trinajstić information content (AvgIpc) is 2.34. The summed E-state index contributed by atoms with van der Waals surface area (Å²) in [6.07, 6.45) is -35.8. The summed E-state index contributed by atoms with van der Waals surface area (Å²) in [6, 6.07) is 0. The maximum absolute atomic E-state index is 12.8. The van der Waals surface area contributed by atoms with E-state index in [2.05, 4.69) is 22.6 Å². The van der Waals surface area contributed by atoms with Crippen LogP contribution in [0.3, 0.4) is 0 Å². The minimum absolute atomic E-state index is 2.61. The summed E-state index contributed by atoms with van der Waals surface area (Å²) in [5.41, 5.74) is 0. The van der Waals surface area contributed by atoms with Crippen LogP contribution in [0.1, 0.15) is 0 Å². The molecule has 0 unspecified atom stereocenters. The summed E-state index contributed by atoms with van der Waals surface area (Å²) in [7, 11) is -6.28. The van der Waals surface area contributed by atoms with Crippen molar-refractivity contribution in [3.63, 3.8) is 0 Å². The van der Waals surface area contributed by atoms with E-state index in [-0.39, 0.29) is 0 Å². The molecule has 0 spiro atoms. The zero-order chi connectivity index (χ0) is 24.2. The first-order chi connectivity index (χ1) is 12.8. The summed E-state index contributed by atoms with van der Waals surface area (Å²) in [6.45, 7) is 0. The molecule has 180 valence electrons. The summed E-state index contributed by atoms with van der Waals surface area (Å²) in [5, 5.41) is 0. The molecule has 1 heterocycles. The molecule has 24 heteroatoms. The predicted octanol–water partition coefficient (Wildman–Crippen LogP) is 9.81. The molecule has 0 saturated carbocycles. The summed E-state index contributed by atoms with van der Waals surface area (Å²) in [5.74, 6) is -9.37. The van der Waals surface area contributed by atoms with Crippen LogP contribution < -0.4 is 0 Å². The molecule has 0 aromatic rings. The van der Waals surface area contributed by atoms with Gasteiger partial charge in [0.25, 0.3) is 24.0 Å². The zero-order valence-electron chi connectivity index (χ0n) is 12.7. The van der Waals surface area contributed by atoms with E-state index in [9.17, 15) is 52.7 Å². The molecule has 0 amide bonds. The first-order valence-electron chi connectivity index (χ1n) is 6.14. The average molecular weight is 611 g/mol. The van der Waals surface area contributed by atoms with Crippen molar-refractivity contribution in [3.05, 3.63) is 0 Å². The molecule has 0 radical (unpaired) electrons. The fourth-order valence-electron chi connectivity index (χ4n) is 1.45. The highest BCUT2D eigenvalue weighted by atomic mass is 35.9. The van der Waals surface area contributed by atoms with Crippen molar-refractivity contribution >= 4 is 64.4 Å². The normalized spacial score (nSPS) is 21.8. The van der Waals surface area contributed by atoms with Gasteiger partial charge in [-0.15, -0.1) is 0 Å². The lowest BCUT2D eigenvalue weighted by Crippen LogP contribution is -2.46. The smallest absolute Gasteiger partial charge is 0.284 e. The van der Waals surface area contributed by atoms with Crippen LogP contribution in [0, 0.1) is 0 Å². The standard InChI is InChI=1S/C6H2Cl4F12N3O2P3/c7-28(8)23-29(9,10)25-30(24-28,26-1(3(11,12)13)4(14,15)16)27-2(5(17,18)19)6(20,21)22/h1-2H. The van der Waals surface area contributed by atoms with Gasteiger partial charge < -0.3 is 0 Å². The molecule has 5 nitrogen and oxygen atoms in total. The third-order valence-corrected chi connectivity index (χ3v) is 13.4. The van der Waals surface area contributed by atoms with Gasteiger partial charge >= 0.3 is 32.4 Å². The van der Waals surface area contributed by atoms with Gasteiger partial charge in [0.2, 0.25) is 0 Å². The third kappa shape index (κ3) is 8.06. The van der Waals surface area contributed by atoms with Crippen molar-refractivity contribution < 1.29 is 61.7 Å². The molecular formula is C6H2Cl4F12N3O2P3. The topological polar surface area (TPSA) is 55.5 Å². The van der Waals surface area contributed by atoms with Crippen LogP contribution >= 0.6 is 64.4 Å². The van der Waals surface area contributed by atoms with E-state index in [0.717, 1.165) is 0 Å². The van der Waals surface area contributed by atoms with Crippen LogP contribution in [0.15, 0.2) is 13.5 Å². The van der Waals surface area contributed by atoms with E-state index in [4.69, 9.17) is 45.0 Å². The molecule has 0 fully saturated rings. The number of nitrogens with zero attached hydrogens (tertiary/aromatic N) is 3. The van der Waals surface area contributed by atoms with E-state index in [1.165, 1.54) is 0 Å². The predicted molar refractivity (Wildman–Crippen MR) is 85.4 cm³/mol. The molecule has 30 heavy (non-hydrogen) atoms. The third-order valence-electron chi connectivity index (χ3n) is 2.33. The van der Waals surface area contributed by atoms with Gasteiger partial charge in [-0.05, 0) is 45.0 Å². The SMILES string of the molecule is FC(F)(F)C(OP1(OC(C(F)(F)F)C(F)(F)F)=NP(Cl)(Cl)=NP(Cl)(Cl)=N1)C(F)(F)F. The molecule has 1 aliphatic heterocycles. The molecule has 0 saturated heterocycles. The number of hydrogen-bond donors (Lipinski definition) is 0. The maximum Gasteiger partial charge on any atom is 0.424 e. The van der Waals surface area contributed by atoms with Crippen LogP contribution in [0.4, 0.5) is 52.7 Å². The van der Waals surface area contributed by atoms with Gasteiger partial charge in [0, 0.05) is 0 Å². The molecular weight excluding hydrogens is 609 g/mol. The highest BCUT2D eigenvalue weighted by Gasteiger charge is 2.65. The zero-order valence-corrected chi connectivity index (χ0v) is 18.4. The quantitative estimate of drug-likeness (QED) is 0.235. The molecule has 0 atom stereocenters. The lowest BCUT2D eigenvalue weighted by atomic mass is 10.3. The van der Waals surface area contributed by atoms with Crippen molar-refractivity contribution in [2.45, 2.75) is 36.9 Å². The lowest BCUT2D eigenvalue weighted by molar-refractivity contribution is -0.312. The molecule has 0 aromatic carbocycles. The second kappa shape index (κ2) is 8.61. The van der Waals surface area contributed by atoms with Crippen molar-refractivity contribution in [3.8, 4) is 0 Å². The Bertz CT molecular complexity index is 750. The maximum atomic E-state index is 12.8. The van der Waals surface area contributed by atoms with Crippen molar-refractivity contribution in [1.29, 1.82) is 0 Å². The Hall–Kier alpha value is 0.930. The molecule has 1 rings (SSSR count). The molecule has 0 aliphatic carbocycles. The highest BCUT2D eigenvalue weighted by molar-refractivity contribution is 8.20. The minimum atomic E-state index is -6.43.